The van der Waals surface area contributed by atoms with Crippen LogP contribution in [0, 0.1) is 10.6 Å². The first kappa shape index (κ1) is 32.6. The Bertz CT molecular complexity index is 1300. The second-order valence-electron chi connectivity index (χ2n) is 13.2. The molecule has 3 rings (SSSR count). The van der Waals surface area contributed by atoms with Crippen LogP contribution < -0.4 is 15.7 Å². The van der Waals surface area contributed by atoms with Crippen LogP contribution in [0.25, 0.3) is 0 Å². The van der Waals surface area contributed by atoms with E-state index in [4.69, 9.17) is 4.52 Å². The smallest absolute Gasteiger partial charge is 0.327 e. The zero-order valence-electron chi connectivity index (χ0n) is 25.3. The van der Waals surface area contributed by atoms with Gasteiger partial charge in [-0.15, -0.1) is 0 Å². The summed E-state index contributed by atoms with van der Waals surface area (Å²) in [5.74, 6) is 0.0414. The predicted molar refractivity (Wildman–Crippen MR) is 160 cm³/mol. The van der Waals surface area contributed by atoms with E-state index < -0.39 is 27.7 Å². The van der Waals surface area contributed by atoms with Gasteiger partial charge in [-0.1, -0.05) is 33.3 Å². The van der Waals surface area contributed by atoms with E-state index in [-0.39, 0.29) is 48.2 Å². The van der Waals surface area contributed by atoms with Gasteiger partial charge in [-0.2, -0.15) is 5.01 Å². The van der Waals surface area contributed by atoms with Gasteiger partial charge in [-0.3, -0.25) is 14.4 Å². The third-order valence-electron chi connectivity index (χ3n) is 7.06. The Morgan fingerprint density at radius 3 is 2.38 bits per heavy atom. The second-order valence-corrected chi connectivity index (χ2v) is 17.5. The Labute approximate surface area is 240 Å². The van der Waals surface area contributed by atoms with E-state index in [9.17, 15) is 23.0 Å². The van der Waals surface area contributed by atoms with E-state index in [0.29, 0.717) is 30.3 Å². The van der Waals surface area contributed by atoms with Crippen LogP contribution in [-0.4, -0.2) is 61.3 Å². The molecule has 1 aromatic carbocycles. The Morgan fingerprint density at radius 1 is 1.12 bits per heavy atom. The van der Waals surface area contributed by atoms with E-state index in [1.165, 1.54) is 11.3 Å². The van der Waals surface area contributed by atoms with Gasteiger partial charge in [0.05, 0.1) is 23.1 Å². The van der Waals surface area contributed by atoms with Crippen LogP contribution in [0.5, 0.6) is 0 Å². The highest BCUT2D eigenvalue weighted by Crippen LogP contribution is 2.49. The summed E-state index contributed by atoms with van der Waals surface area (Å²) in [5, 5.41) is 22.3. The molecule has 1 amide bonds. The monoisotopic (exact) mass is 598 g/mol. The number of hydrogen-bond acceptors (Lipinski definition) is 7. The molecule has 2 N–H and O–H groups in total. The third kappa shape index (κ3) is 7.88. The van der Waals surface area contributed by atoms with E-state index in [1.807, 2.05) is 39.0 Å². The van der Waals surface area contributed by atoms with Gasteiger partial charge >= 0.3 is 13.4 Å². The molecule has 0 saturated carbocycles. The number of carbonyl (C=O) groups is 1. The van der Waals surface area contributed by atoms with Crippen molar-refractivity contribution >= 4 is 34.3 Å². The number of hydroxylamine groups is 2. The van der Waals surface area contributed by atoms with Crippen LogP contribution in [0.15, 0.2) is 29.6 Å². The van der Waals surface area contributed by atoms with Gasteiger partial charge in [-0.05, 0) is 70.1 Å². The average Bonchev–Trinajstić information content (AvgIpc) is 3.08. The minimum atomic E-state index is -3.61. The number of sulfone groups is 1. The van der Waals surface area contributed by atoms with Crippen LogP contribution >= 0.6 is 7.52 Å². The Morgan fingerprint density at radius 2 is 1.80 bits per heavy atom. The third-order valence-corrected chi connectivity index (χ3v) is 10.2. The number of fused-ring (bicyclic) bond motifs is 1. The number of nitrogens with one attached hydrogen (secondary N) is 2. The van der Waals surface area contributed by atoms with Crippen molar-refractivity contribution in [3.63, 3.8) is 0 Å². The zero-order valence-corrected chi connectivity index (χ0v) is 27.0. The number of rotatable bonds is 10. The number of nitrogens with zero attached hydrogens (tertiary/aromatic N) is 2. The van der Waals surface area contributed by atoms with Crippen molar-refractivity contribution in [3.05, 3.63) is 40.4 Å². The molecule has 1 saturated heterocycles. The summed E-state index contributed by atoms with van der Waals surface area (Å²) in [6, 6.07) is 5.61. The topological polar surface area (TPSA) is 128 Å². The maximum absolute atomic E-state index is 14.2. The highest BCUT2D eigenvalue weighted by Gasteiger charge is 2.51. The second kappa shape index (κ2) is 11.8. The minimum Gasteiger partial charge on any atom is -0.606 e. The van der Waals surface area contributed by atoms with E-state index in [0.717, 1.165) is 18.4 Å². The fourth-order valence-corrected chi connectivity index (χ4v) is 7.84. The minimum absolute atomic E-state index is 0.0749. The quantitative estimate of drug-likeness (QED) is 0.129. The first-order valence-electron chi connectivity index (χ1n) is 14.1. The lowest BCUT2D eigenvalue weighted by Gasteiger charge is -2.49. The number of aryl methyl sites for hydroxylation is 1. The molecule has 0 spiro atoms. The van der Waals surface area contributed by atoms with Crippen LogP contribution in [0.1, 0.15) is 79.7 Å². The molecular formula is C28H47N4O6PS. The van der Waals surface area contributed by atoms with Crippen molar-refractivity contribution in [1.82, 2.24) is 10.1 Å². The fraction of sp³-hybridized carbons (Fsp3) is 0.679. The SMILES string of the molecule is CCOP1(=O)NC(=C2C[N+]([O-])(CCC(C)(C)C)N(C(C)(C)C)C2=O)Nc2ccc(CCCCCS(C)(=O)=O)cc21. The summed E-state index contributed by atoms with van der Waals surface area (Å²) < 4.78 is 41.9. The first-order chi connectivity index (χ1) is 18.3. The predicted octanol–water partition coefficient (Wildman–Crippen LogP) is 4.83. The van der Waals surface area contributed by atoms with Gasteiger partial charge < -0.3 is 15.0 Å². The molecule has 226 valence electrons. The van der Waals surface area contributed by atoms with Gasteiger partial charge in [0, 0.05) is 18.4 Å². The number of amides is 1. The summed E-state index contributed by atoms with van der Waals surface area (Å²) in [6.45, 7) is 13.9. The number of carbonyl (C=O) groups excluding carboxylic acids is 1. The van der Waals surface area contributed by atoms with Crippen molar-refractivity contribution in [1.29, 1.82) is 0 Å². The van der Waals surface area contributed by atoms with Gasteiger partial charge in [0.25, 0.3) is 0 Å². The van der Waals surface area contributed by atoms with Crippen molar-refractivity contribution in [2.24, 2.45) is 5.41 Å². The highest BCUT2D eigenvalue weighted by atomic mass is 32.2. The van der Waals surface area contributed by atoms with Crippen LogP contribution in [-0.2, 0) is 30.1 Å². The van der Waals surface area contributed by atoms with Gasteiger partial charge in [0.1, 0.15) is 34.3 Å². The fourth-order valence-electron chi connectivity index (χ4n) is 5.15. The van der Waals surface area contributed by atoms with Crippen LogP contribution in [0.3, 0.4) is 0 Å². The van der Waals surface area contributed by atoms with Crippen LogP contribution in [0.2, 0.25) is 0 Å². The lowest BCUT2D eigenvalue weighted by Crippen LogP contribution is -2.60. The number of quaternary nitrogens is 1. The van der Waals surface area contributed by atoms with E-state index in [1.54, 1.807) is 6.92 Å². The zero-order chi connectivity index (χ0) is 30.1. The van der Waals surface area contributed by atoms with Crippen molar-refractivity contribution < 1.29 is 27.1 Å². The molecule has 40 heavy (non-hydrogen) atoms. The molecule has 0 radical (unpaired) electrons. The lowest BCUT2D eigenvalue weighted by atomic mass is 9.92. The molecule has 1 fully saturated rings. The summed E-state index contributed by atoms with van der Waals surface area (Å²) in [5.41, 5.74) is 1.00. The van der Waals surface area contributed by atoms with E-state index in [2.05, 4.69) is 31.2 Å². The lowest BCUT2D eigenvalue weighted by molar-refractivity contribution is -0.977. The van der Waals surface area contributed by atoms with Gasteiger partial charge in [-0.25, -0.2) is 13.2 Å². The summed E-state index contributed by atoms with van der Waals surface area (Å²) in [4.78, 5) is 13.8. The van der Waals surface area contributed by atoms with Crippen molar-refractivity contribution in [2.45, 2.75) is 86.1 Å². The molecule has 0 bridgehead atoms. The molecule has 2 heterocycles. The number of hydrogen-bond donors (Lipinski definition) is 2. The summed E-state index contributed by atoms with van der Waals surface area (Å²) >= 11 is 0. The molecule has 0 aliphatic carbocycles. The Kier molecular flexibility index (Phi) is 9.59. The molecule has 2 atom stereocenters. The molecule has 1 aromatic rings. The van der Waals surface area contributed by atoms with Gasteiger partial charge in [0.2, 0.25) is 0 Å². The highest BCUT2D eigenvalue weighted by molar-refractivity contribution is 7.90. The van der Waals surface area contributed by atoms with Crippen molar-refractivity contribution in [3.8, 4) is 0 Å². The molecule has 2 aliphatic rings. The van der Waals surface area contributed by atoms with Gasteiger partial charge in [0.15, 0.2) is 0 Å². The average molecular weight is 599 g/mol. The summed E-state index contributed by atoms with van der Waals surface area (Å²) in [6.07, 6.45) is 4.77. The Hall–Kier alpha value is -1.91. The molecule has 2 aliphatic heterocycles. The van der Waals surface area contributed by atoms with E-state index >= 15 is 0 Å². The Balaban J connectivity index is 1.92. The molecular weight excluding hydrogens is 551 g/mol. The molecule has 2 unspecified atom stereocenters. The number of anilines is 1. The molecule has 10 nitrogen and oxygen atoms in total. The maximum Gasteiger partial charge on any atom is 0.327 e. The normalized spacial score (nSPS) is 25.5. The van der Waals surface area contributed by atoms with Crippen LogP contribution in [0.4, 0.5) is 5.69 Å². The number of benzene rings is 1. The molecule has 12 heteroatoms. The largest absolute Gasteiger partial charge is 0.606 e. The molecule has 0 aromatic heterocycles. The first-order valence-corrected chi connectivity index (χ1v) is 17.7. The maximum atomic E-state index is 14.2. The summed E-state index contributed by atoms with van der Waals surface area (Å²) in [7, 11) is -6.58. The standard InChI is InChI=1S/C28H47N4O6PS/c1-9-38-39(35)24-19-21(13-11-10-12-18-40(8,36)37)14-15-23(24)29-25(30-39)22-20-32(34,17-16-27(2,3)4)31(26(22)33)28(5,6)7/h14-15,19,29H,9-13,16-18,20H2,1-8H3,(H,30,35). The number of unbranched alkanes of at least 4 members (excludes halogenated alkanes) is 2. The van der Waals surface area contributed by atoms with Crippen molar-refractivity contribution in [2.75, 3.05) is 37.0 Å².